The molecule has 1 unspecified atom stereocenters. The maximum absolute atomic E-state index is 12.6. The average molecular weight is 373 g/mol. The second-order valence-electron chi connectivity index (χ2n) is 6.38. The van der Waals surface area contributed by atoms with Gasteiger partial charge < -0.3 is 24.4 Å². The Bertz CT molecular complexity index is 746. The van der Waals surface area contributed by atoms with E-state index in [2.05, 4.69) is 5.32 Å². The van der Waals surface area contributed by atoms with E-state index in [0.717, 1.165) is 27.6 Å². The van der Waals surface area contributed by atoms with Crippen molar-refractivity contribution in [3.8, 4) is 17.2 Å². The van der Waals surface area contributed by atoms with Crippen molar-refractivity contribution in [2.45, 2.75) is 26.4 Å². The van der Waals surface area contributed by atoms with E-state index in [1.165, 1.54) is 0 Å². The summed E-state index contributed by atoms with van der Waals surface area (Å²) in [6.45, 7) is 5.14. The molecule has 6 heteroatoms. The van der Waals surface area contributed by atoms with Gasteiger partial charge in [-0.25, -0.2) is 0 Å². The van der Waals surface area contributed by atoms with E-state index in [0.29, 0.717) is 18.9 Å². The molecule has 0 heterocycles. The number of ether oxygens (including phenoxy) is 3. The van der Waals surface area contributed by atoms with Crippen molar-refractivity contribution >= 4 is 11.6 Å². The van der Waals surface area contributed by atoms with Gasteiger partial charge in [-0.15, -0.1) is 0 Å². The molecule has 2 atom stereocenters. The van der Waals surface area contributed by atoms with Gasteiger partial charge >= 0.3 is 0 Å². The molecule has 0 aliphatic rings. The van der Waals surface area contributed by atoms with Gasteiger partial charge in [0.25, 0.3) is 5.91 Å². The summed E-state index contributed by atoms with van der Waals surface area (Å²) < 4.78 is 16.1. The maximum Gasteiger partial charge on any atom is 0.282 e. The molecule has 2 rings (SSSR count). The first-order chi connectivity index (χ1) is 13.0. The van der Waals surface area contributed by atoms with Crippen molar-refractivity contribution in [1.82, 2.24) is 0 Å². The highest BCUT2D eigenvalue weighted by Gasteiger charge is 2.22. The van der Waals surface area contributed by atoms with E-state index in [-0.39, 0.29) is 11.9 Å². The van der Waals surface area contributed by atoms with Crippen LogP contribution < -0.4 is 24.4 Å². The molecular formula is C21H29N2O4+. The number of hydrogen-bond acceptors (Lipinski definition) is 4. The number of quaternary nitrogens is 1. The van der Waals surface area contributed by atoms with Crippen LogP contribution in [0.15, 0.2) is 42.5 Å². The number of likely N-dealkylation sites (N-methyl/N-ethyl adjacent to an activating group) is 1. The van der Waals surface area contributed by atoms with Gasteiger partial charge in [-0.3, -0.25) is 4.79 Å². The Morgan fingerprint density at radius 1 is 1.07 bits per heavy atom. The predicted octanol–water partition coefficient (Wildman–Crippen LogP) is 2.14. The van der Waals surface area contributed by atoms with E-state index < -0.39 is 0 Å². The van der Waals surface area contributed by atoms with E-state index in [4.69, 9.17) is 14.2 Å². The van der Waals surface area contributed by atoms with Gasteiger partial charge in [0.2, 0.25) is 0 Å². The fraction of sp³-hybridized carbons (Fsp3) is 0.381. The summed E-state index contributed by atoms with van der Waals surface area (Å²) in [7, 11) is 5.24. The van der Waals surface area contributed by atoms with Gasteiger partial charge in [0, 0.05) is 11.3 Å². The maximum atomic E-state index is 12.6. The normalized spacial score (nSPS) is 12.8. The lowest BCUT2D eigenvalue weighted by atomic mass is 10.1. The highest BCUT2D eigenvalue weighted by Crippen LogP contribution is 2.27. The van der Waals surface area contributed by atoms with Gasteiger partial charge in [-0.05, 0) is 56.3 Å². The molecule has 27 heavy (non-hydrogen) atoms. The molecule has 0 aliphatic carbocycles. The first kappa shape index (κ1) is 20.6. The van der Waals surface area contributed by atoms with E-state index >= 15 is 0 Å². The number of hydrogen-bond donors (Lipinski definition) is 2. The summed E-state index contributed by atoms with van der Waals surface area (Å²) in [4.78, 5) is 13.6. The number of amides is 1. The predicted molar refractivity (Wildman–Crippen MR) is 106 cm³/mol. The van der Waals surface area contributed by atoms with Crippen LogP contribution in [-0.4, -0.2) is 39.8 Å². The highest BCUT2D eigenvalue weighted by atomic mass is 16.5. The number of methoxy groups -OCH3 is 2. The largest absolute Gasteiger partial charge is 0.497 e. The Morgan fingerprint density at radius 3 is 2.37 bits per heavy atom. The molecule has 0 fully saturated rings. The zero-order chi connectivity index (χ0) is 19.8. The second kappa shape index (κ2) is 9.83. The van der Waals surface area contributed by atoms with E-state index in [1.54, 1.807) is 14.2 Å². The van der Waals surface area contributed by atoms with Crippen molar-refractivity contribution in [2.75, 3.05) is 33.2 Å². The van der Waals surface area contributed by atoms with Gasteiger partial charge in [-0.2, -0.15) is 0 Å². The molecule has 0 radical (unpaired) electrons. The fourth-order valence-electron chi connectivity index (χ4n) is 2.72. The Morgan fingerprint density at radius 2 is 1.78 bits per heavy atom. The minimum atomic E-state index is -0.218. The lowest BCUT2D eigenvalue weighted by Crippen LogP contribution is -3.12. The number of rotatable bonds is 9. The average Bonchev–Trinajstić information content (AvgIpc) is 2.69. The summed E-state index contributed by atoms with van der Waals surface area (Å²) >= 11 is 0. The van der Waals surface area contributed by atoms with Crippen LogP contribution in [0.4, 0.5) is 5.69 Å². The quantitative estimate of drug-likeness (QED) is 0.707. The summed E-state index contributed by atoms with van der Waals surface area (Å²) in [5.74, 6) is 2.16. The highest BCUT2D eigenvalue weighted by molar-refractivity contribution is 5.93. The number of carbonyl (C=O) groups excluding carboxylic acids is 1. The standard InChI is InChI=1S/C21H28N2O4/c1-6-27-19-12-7-16(13-20(19)26-5)14-23(3)15(2)21(24)22-17-8-10-18(25-4)11-9-17/h7-13,15H,6,14H2,1-5H3,(H,22,24)/p+1/t15-/m1/s1. The molecular weight excluding hydrogens is 344 g/mol. The topological polar surface area (TPSA) is 61.2 Å². The van der Waals surface area contributed by atoms with E-state index in [1.807, 2.05) is 63.4 Å². The molecule has 146 valence electrons. The van der Waals surface area contributed by atoms with Gasteiger partial charge in [0.1, 0.15) is 12.3 Å². The smallest absolute Gasteiger partial charge is 0.282 e. The number of nitrogens with one attached hydrogen (secondary N) is 2. The van der Waals surface area contributed by atoms with Crippen LogP contribution in [0.3, 0.4) is 0 Å². The lowest BCUT2D eigenvalue weighted by molar-refractivity contribution is -0.907. The first-order valence-corrected chi connectivity index (χ1v) is 9.05. The van der Waals surface area contributed by atoms with Crippen molar-refractivity contribution in [3.63, 3.8) is 0 Å². The summed E-state index contributed by atoms with van der Waals surface area (Å²) in [6.07, 6.45) is 0. The van der Waals surface area contributed by atoms with Crippen LogP contribution in [0, 0.1) is 0 Å². The number of benzene rings is 2. The van der Waals surface area contributed by atoms with Crippen LogP contribution in [0.25, 0.3) is 0 Å². The van der Waals surface area contributed by atoms with Crippen molar-refractivity contribution in [3.05, 3.63) is 48.0 Å². The molecule has 2 N–H and O–H groups in total. The van der Waals surface area contributed by atoms with Crippen LogP contribution in [-0.2, 0) is 11.3 Å². The Kier molecular flexibility index (Phi) is 7.49. The molecule has 0 aromatic heterocycles. The minimum Gasteiger partial charge on any atom is -0.497 e. The zero-order valence-electron chi connectivity index (χ0n) is 16.7. The lowest BCUT2D eigenvalue weighted by Gasteiger charge is -2.21. The summed E-state index contributed by atoms with van der Waals surface area (Å²) in [5.41, 5.74) is 1.83. The van der Waals surface area contributed by atoms with Crippen LogP contribution >= 0.6 is 0 Å². The van der Waals surface area contributed by atoms with Crippen molar-refractivity contribution in [2.24, 2.45) is 0 Å². The third kappa shape index (κ3) is 5.62. The van der Waals surface area contributed by atoms with Gasteiger partial charge in [0.05, 0.1) is 27.9 Å². The molecule has 0 spiro atoms. The summed E-state index contributed by atoms with van der Waals surface area (Å²) in [6, 6.07) is 13.0. The molecule has 2 aromatic rings. The molecule has 0 saturated carbocycles. The Hall–Kier alpha value is -2.73. The zero-order valence-corrected chi connectivity index (χ0v) is 16.7. The molecule has 0 saturated heterocycles. The fourth-order valence-corrected chi connectivity index (χ4v) is 2.72. The molecule has 2 aromatic carbocycles. The third-order valence-corrected chi connectivity index (χ3v) is 4.50. The van der Waals surface area contributed by atoms with Crippen molar-refractivity contribution < 1.29 is 23.9 Å². The van der Waals surface area contributed by atoms with E-state index in [9.17, 15) is 4.79 Å². The van der Waals surface area contributed by atoms with Crippen LogP contribution in [0.5, 0.6) is 17.2 Å². The number of carbonyl (C=O) groups is 1. The first-order valence-electron chi connectivity index (χ1n) is 9.05. The molecule has 0 aliphatic heterocycles. The molecule has 6 nitrogen and oxygen atoms in total. The van der Waals surface area contributed by atoms with Crippen LogP contribution in [0.1, 0.15) is 19.4 Å². The third-order valence-electron chi connectivity index (χ3n) is 4.50. The summed E-state index contributed by atoms with van der Waals surface area (Å²) in [5, 5.41) is 2.95. The minimum absolute atomic E-state index is 0.0319. The van der Waals surface area contributed by atoms with Crippen molar-refractivity contribution in [1.29, 1.82) is 0 Å². The van der Waals surface area contributed by atoms with Crippen LogP contribution in [0.2, 0.25) is 0 Å². The molecule has 1 amide bonds. The van der Waals surface area contributed by atoms with Gasteiger partial charge in [-0.1, -0.05) is 0 Å². The molecule has 0 bridgehead atoms. The second-order valence-corrected chi connectivity index (χ2v) is 6.38. The number of anilines is 1. The van der Waals surface area contributed by atoms with Gasteiger partial charge in [0.15, 0.2) is 17.5 Å². The monoisotopic (exact) mass is 373 g/mol. The Labute approximate surface area is 161 Å². The SMILES string of the molecule is CCOc1ccc(C[NH+](C)[C@H](C)C(=O)Nc2ccc(OC)cc2)cc1OC. The Balaban J connectivity index is 1.99.